The van der Waals surface area contributed by atoms with Gasteiger partial charge in [-0.1, -0.05) is 32.9 Å². The second-order valence-electron chi connectivity index (χ2n) is 11.2. The molecule has 34 heavy (non-hydrogen) atoms. The average Bonchev–Trinajstić information content (AvgIpc) is 2.73. The lowest BCUT2D eigenvalue weighted by Gasteiger charge is -2.53. The number of nitrogens with zero attached hydrogens (tertiary/aromatic N) is 1. The summed E-state index contributed by atoms with van der Waals surface area (Å²) < 4.78 is 23.6. The molecule has 0 amide bonds. The predicted molar refractivity (Wildman–Crippen MR) is 138 cm³/mol. The van der Waals surface area contributed by atoms with E-state index in [1.54, 1.807) is 14.2 Å². The Morgan fingerprint density at radius 3 is 2.44 bits per heavy atom. The molecule has 0 N–H and O–H groups in total. The number of hydrogen-bond acceptors (Lipinski definition) is 6. The summed E-state index contributed by atoms with van der Waals surface area (Å²) in [5.74, 6) is 1.25. The van der Waals surface area contributed by atoms with E-state index < -0.39 is 13.9 Å². The second-order valence-corrected chi connectivity index (χ2v) is 16.0. The number of carbonyl (C=O) groups is 1. The van der Waals surface area contributed by atoms with Gasteiger partial charge in [0, 0.05) is 6.54 Å². The predicted octanol–water partition coefficient (Wildman–Crippen LogP) is 5.45. The molecule has 1 aromatic carbocycles. The number of fused-ring (bicyclic) bond motifs is 2. The molecule has 2 atom stereocenters. The first kappa shape index (κ1) is 26.8. The molecular formula is C27H43NO5Si. The fourth-order valence-electron chi connectivity index (χ4n) is 5.25. The second kappa shape index (κ2) is 10.0. The summed E-state index contributed by atoms with van der Waals surface area (Å²) in [5.41, 5.74) is 3.18. The van der Waals surface area contributed by atoms with Crippen LogP contribution in [0.15, 0.2) is 24.3 Å². The number of ether oxygens (including phenoxy) is 3. The van der Waals surface area contributed by atoms with Crippen molar-refractivity contribution in [1.82, 2.24) is 4.90 Å². The third kappa shape index (κ3) is 5.21. The van der Waals surface area contributed by atoms with E-state index in [2.05, 4.69) is 57.5 Å². The average molecular weight is 490 g/mol. The Bertz CT molecular complexity index is 922. The minimum absolute atomic E-state index is 0.0471. The fraction of sp³-hybridized carbons (Fsp3) is 0.667. The first-order valence-electron chi connectivity index (χ1n) is 12.4. The molecule has 1 saturated carbocycles. The van der Waals surface area contributed by atoms with Crippen LogP contribution in [-0.2, 0) is 25.9 Å². The lowest BCUT2D eigenvalue weighted by atomic mass is 9.69. The smallest absolute Gasteiger partial charge is 0.320 e. The summed E-state index contributed by atoms with van der Waals surface area (Å²) in [7, 11) is 1.35. The van der Waals surface area contributed by atoms with Crippen LogP contribution in [-0.4, -0.2) is 59.2 Å². The van der Waals surface area contributed by atoms with Crippen molar-refractivity contribution in [2.45, 2.75) is 83.2 Å². The van der Waals surface area contributed by atoms with E-state index in [1.165, 1.54) is 11.1 Å². The Kier molecular flexibility index (Phi) is 7.90. The van der Waals surface area contributed by atoms with Crippen LogP contribution in [0.5, 0.6) is 11.5 Å². The number of hydrogen-bond donors (Lipinski definition) is 0. The van der Waals surface area contributed by atoms with Gasteiger partial charge in [-0.05, 0) is 74.0 Å². The molecular weight excluding hydrogens is 446 g/mol. The van der Waals surface area contributed by atoms with Gasteiger partial charge in [-0.15, -0.1) is 0 Å². The van der Waals surface area contributed by atoms with Gasteiger partial charge in [-0.25, -0.2) is 0 Å². The highest BCUT2D eigenvalue weighted by atomic mass is 28.4. The molecule has 0 saturated heterocycles. The summed E-state index contributed by atoms with van der Waals surface area (Å²) in [6.07, 6.45) is 3.32. The molecule has 6 nitrogen and oxygen atoms in total. The van der Waals surface area contributed by atoms with Gasteiger partial charge in [0.05, 0.1) is 39.0 Å². The molecule has 1 aliphatic heterocycles. The van der Waals surface area contributed by atoms with Crippen LogP contribution < -0.4 is 9.47 Å². The molecule has 2 aliphatic rings. The maximum Gasteiger partial charge on any atom is 0.320 e. The number of carbonyl (C=O) groups excluding carboxylic acids is 1. The molecule has 0 bridgehead atoms. The van der Waals surface area contributed by atoms with Crippen molar-refractivity contribution in [2.75, 3.05) is 33.9 Å². The van der Waals surface area contributed by atoms with Crippen molar-refractivity contribution in [1.29, 1.82) is 0 Å². The third-order valence-electron chi connectivity index (χ3n) is 7.88. The van der Waals surface area contributed by atoms with E-state index >= 15 is 0 Å². The summed E-state index contributed by atoms with van der Waals surface area (Å²) in [5, 5.41) is 0.116. The molecule has 0 unspecified atom stereocenters. The molecule has 0 aromatic heterocycles. The van der Waals surface area contributed by atoms with Crippen molar-refractivity contribution >= 4 is 14.3 Å². The van der Waals surface area contributed by atoms with Crippen molar-refractivity contribution in [3.63, 3.8) is 0 Å². The van der Waals surface area contributed by atoms with E-state index in [0.717, 1.165) is 43.6 Å². The maximum atomic E-state index is 12.6. The summed E-state index contributed by atoms with van der Waals surface area (Å²) in [6, 6.07) is 4.20. The van der Waals surface area contributed by atoms with Gasteiger partial charge in [0.15, 0.2) is 19.8 Å². The van der Waals surface area contributed by atoms with Gasteiger partial charge in [-0.3, -0.25) is 9.69 Å². The zero-order valence-electron chi connectivity index (χ0n) is 22.4. The summed E-state index contributed by atoms with van der Waals surface area (Å²) in [4.78, 5) is 14.9. The van der Waals surface area contributed by atoms with Crippen LogP contribution in [0.1, 0.15) is 58.1 Å². The van der Waals surface area contributed by atoms with Gasteiger partial charge in [0.1, 0.15) is 0 Å². The molecule has 7 heteroatoms. The van der Waals surface area contributed by atoms with Crippen molar-refractivity contribution < 1.29 is 23.4 Å². The minimum atomic E-state index is -1.99. The lowest BCUT2D eigenvalue weighted by Crippen LogP contribution is -2.57. The van der Waals surface area contributed by atoms with E-state index in [0.29, 0.717) is 12.4 Å². The zero-order valence-corrected chi connectivity index (χ0v) is 23.4. The molecule has 1 spiro atoms. The molecule has 1 aromatic rings. The van der Waals surface area contributed by atoms with Crippen LogP contribution >= 0.6 is 0 Å². The first-order valence-corrected chi connectivity index (χ1v) is 15.3. The van der Waals surface area contributed by atoms with Crippen molar-refractivity contribution in [3.8, 4) is 11.5 Å². The van der Waals surface area contributed by atoms with Gasteiger partial charge >= 0.3 is 5.97 Å². The lowest BCUT2D eigenvalue weighted by molar-refractivity contribution is -0.147. The monoisotopic (exact) mass is 489 g/mol. The summed E-state index contributed by atoms with van der Waals surface area (Å²) >= 11 is 0. The number of rotatable bonds is 7. The highest BCUT2D eigenvalue weighted by molar-refractivity contribution is 6.74. The van der Waals surface area contributed by atoms with E-state index in [-0.39, 0.29) is 23.7 Å². The highest BCUT2D eigenvalue weighted by Gasteiger charge is 2.50. The maximum absolute atomic E-state index is 12.6. The minimum Gasteiger partial charge on any atom is -0.493 e. The quantitative estimate of drug-likeness (QED) is 0.288. The van der Waals surface area contributed by atoms with Gasteiger partial charge in [-0.2, -0.15) is 0 Å². The van der Waals surface area contributed by atoms with E-state index in [9.17, 15) is 4.79 Å². The Morgan fingerprint density at radius 2 is 1.85 bits per heavy atom. The van der Waals surface area contributed by atoms with Crippen molar-refractivity contribution in [3.05, 3.63) is 35.4 Å². The van der Waals surface area contributed by atoms with Gasteiger partial charge < -0.3 is 18.6 Å². The molecule has 0 radical (unpaired) electrons. The van der Waals surface area contributed by atoms with Crippen molar-refractivity contribution in [2.24, 2.45) is 0 Å². The standard InChI is InChI=1S/C27H43NO5Si/c1-10-32-25(29)18-28-12-11-20-14-23(30-6)24(31-7)15-22(20)27(28)16-19(2)13-21(17-27)33-34(8,9)26(3,4)5/h14-15,21H,2,10-13,16-18H2,1,3-9H3/t21-,27-/m1/s1. The third-order valence-corrected chi connectivity index (χ3v) is 12.4. The van der Waals surface area contributed by atoms with Crippen LogP contribution in [0.25, 0.3) is 0 Å². The largest absolute Gasteiger partial charge is 0.493 e. The number of esters is 1. The molecule has 1 aliphatic carbocycles. The SMILES string of the molecule is C=C1C[C@@H](O[Si](C)(C)C(C)(C)C)C[C@]2(C1)c1cc(OC)c(OC)cc1CCN2CC(=O)OCC. The topological polar surface area (TPSA) is 57.2 Å². The Balaban J connectivity index is 2.09. The van der Waals surface area contributed by atoms with Crippen LogP contribution in [0.2, 0.25) is 18.1 Å². The highest BCUT2D eigenvalue weighted by Crippen LogP contribution is 2.51. The van der Waals surface area contributed by atoms with Gasteiger partial charge in [0.2, 0.25) is 0 Å². The van der Waals surface area contributed by atoms with Crippen LogP contribution in [0, 0.1) is 0 Å². The normalized spacial score (nSPS) is 23.5. The van der Waals surface area contributed by atoms with E-state index in [1.807, 2.05) is 6.92 Å². The molecule has 190 valence electrons. The van der Waals surface area contributed by atoms with Crippen LogP contribution in [0.3, 0.4) is 0 Å². The molecule has 1 heterocycles. The molecule has 1 fully saturated rings. The zero-order chi connectivity index (χ0) is 25.3. The Morgan fingerprint density at radius 1 is 1.21 bits per heavy atom. The number of benzene rings is 1. The van der Waals surface area contributed by atoms with Crippen LogP contribution in [0.4, 0.5) is 0 Å². The fourth-order valence-corrected chi connectivity index (χ4v) is 6.60. The van der Waals surface area contributed by atoms with E-state index in [4.69, 9.17) is 18.6 Å². The summed E-state index contributed by atoms with van der Waals surface area (Å²) in [6.45, 7) is 19.1. The first-order chi connectivity index (χ1) is 15.9. The Hall–Kier alpha value is -1.83. The Labute approximate surface area is 206 Å². The molecule has 3 rings (SSSR count). The van der Waals surface area contributed by atoms with Gasteiger partial charge in [0.25, 0.3) is 0 Å². The number of methoxy groups -OCH3 is 2.